The molecule has 1 aliphatic rings. The average molecular weight is 259 g/mol. The van der Waals surface area contributed by atoms with Crippen molar-refractivity contribution >= 4 is 9.84 Å². The molecular weight excluding hydrogens is 242 g/mol. The van der Waals surface area contributed by atoms with Crippen molar-refractivity contribution in [2.45, 2.75) is 26.3 Å². The standard InChI is InChI=1S/C10H17N3O3S/c1-8(2)10-12-11-9(16-10)7-13-3-5-17(14,15)6-4-13/h8H,3-7H2,1-2H3. The van der Waals surface area contributed by atoms with E-state index in [2.05, 4.69) is 10.2 Å². The fraction of sp³-hybridized carbons (Fsp3) is 0.800. The number of hydrogen-bond donors (Lipinski definition) is 0. The zero-order chi connectivity index (χ0) is 12.5. The molecule has 0 N–H and O–H groups in total. The normalized spacial score (nSPS) is 20.9. The minimum atomic E-state index is -2.82. The van der Waals surface area contributed by atoms with E-state index < -0.39 is 9.84 Å². The molecular formula is C10H17N3O3S. The molecule has 0 amide bonds. The Hall–Kier alpha value is -0.950. The van der Waals surface area contributed by atoms with Crippen LogP contribution in [0.1, 0.15) is 31.5 Å². The molecule has 1 aromatic rings. The maximum Gasteiger partial charge on any atom is 0.230 e. The van der Waals surface area contributed by atoms with Crippen molar-refractivity contribution in [3.8, 4) is 0 Å². The van der Waals surface area contributed by atoms with Gasteiger partial charge in [-0.1, -0.05) is 13.8 Å². The Morgan fingerprint density at radius 1 is 1.29 bits per heavy atom. The van der Waals surface area contributed by atoms with Crippen LogP contribution in [-0.2, 0) is 16.4 Å². The van der Waals surface area contributed by atoms with Gasteiger partial charge in [0.25, 0.3) is 0 Å². The molecule has 0 spiro atoms. The number of sulfone groups is 1. The van der Waals surface area contributed by atoms with Gasteiger partial charge in [0.1, 0.15) is 0 Å². The summed E-state index contributed by atoms with van der Waals surface area (Å²) in [4.78, 5) is 2.03. The van der Waals surface area contributed by atoms with Crippen molar-refractivity contribution in [1.29, 1.82) is 0 Å². The highest BCUT2D eigenvalue weighted by Gasteiger charge is 2.23. The molecule has 0 atom stereocenters. The van der Waals surface area contributed by atoms with E-state index in [1.807, 2.05) is 18.7 Å². The molecule has 96 valence electrons. The van der Waals surface area contributed by atoms with Gasteiger partial charge in [-0.25, -0.2) is 8.42 Å². The fourth-order valence-electron chi connectivity index (χ4n) is 1.66. The Bertz CT molecular complexity index is 467. The second-order valence-corrected chi connectivity index (χ2v) is 6.92. The molecule has 0 aliphatic carbocycles. The second-order valence-electron chi connectivity index (χ2n) is 4.62. The maximum atomic E-state index is 11.3. The summed E-state index contributed by atoms with van der Waals surface area (Å²) in [5, 5.41) is 7.91. The van der Waals surface area contributed by atoms with E-state index >= 15 is 0 Å². The fourth-order valence-corrected chi connectivity index (χ4v) is 2.94. The summed E-state index contributed by atoms with van der Waals surface area (Å²) in [7, 11) is -2.82. The molecule has 2 heterocycles. The lowest BCUT2D eigenvalue weighted by Crippen LogP contribution is -2.39. The first-order valence-corrected chi connectivity index (χ1v) is 7.53. The van der Waals surface area contributed by atoms with Crippen LogP contribution < -0.4 is 0 Å². The molecule has 1 saturated heterocycles. The van der Waals surface area contributed by atoms with Crippen LogP contribution in [0, 0.1) is 0 Å². The molecule has 0 bridgehead atoms. The van der Waals surface area contributed by atoms with Crippen LogP contribution in [-0.4, -0.2) is 48.1 Å². The number of hydrogen-bond acceptors (Lipinski definition) is 6. The van der Waals surface area contributed by atoms with Crippen molar-refractivity contribution in [3.05, 3.63) is 11.8 Å². The van der Waals surface area contributed by atoms with Gasteiger partial charge in [-0.05, 0) is 0 Å². The van der Waals surface area contributed by atoms with Gasteiger partial charge in [-0.15, -0.1) is 10.2 Å². The van der Waals surface area contributed by atoms with Crippen LogP contribution >= 0.6 is 0 Å². The van der Waals surface area contributed by atoms with Gasteiger partial charge in [0.15, 0.2) is 9.84 Å². The largest absolute Gasteiger partial charge is 0.424 e. The van der Waals surface area contributed by atoms with Crippen molar-refractivity contribution < 1.29 is 12.8 Å². The lowest BCUT2D eigenvalue weighted by atomic mass is 10.2. The molecule has 6 nitrogen and oxygen atoms in total. The van der Waals surface area contributed by atoms with Crippen molar-refractivity contribution in [3.63, 3.8) is 0 Å². The topological polar surface area (TPSA) is 76.3 Å². The van der Waals surface area contributed by atoms with Crippen LogP contribution in [0.4, 0.5) is 0 Å². The smallest absolute Gasteiger partial charge is 0.230 e. The van der Waals surface area contributed by atoms with Gasteiger partial charge >= 0.3 is 0 Å². The zero-order valence-corrected chi connectivity index (χ0v) is 10.9. The Morgan fingerprint density at radius 3 is 2.47 bits per heavy atom. The highest BCUT2D eigenvalue weighted by atomic mass is 32.2. The van der Waals surface area contributed by atoms with E-state index in [9.17, 15) is 8.42 Å². The number of aromatic nitrogens is 2. The SMILES string of the molecule is CC(C)c1nnc(CN2CCS(=O)(=O)CC2)o1. The Morgan fingerprint density at radius 2 is 1.94 bits per heavy atom. The monoisotopic (exact) mass is 259 g/mol. The first-order chi connectivity index (χ1) is 7.96. The molecule has 0 radical (unpaired) electrons. The maximum absolute atomic E-state index is 11.3. The lowest BCUT2D eigenvalue weighted by molar-refractivity contribution is 0.253. The third-order valence-electron chi connectivity index (χ3n) is 2.77. The van der Waals surface area contributed by atoms with Crippen molar-refractivity contribution in [2.24, 2.45) is 0 Å². The summed E-state index contributed by atoms with van der Waals surface area (Å²) in [5.41, 5.74) is 0. The summed E-state index contributed by atoms with van der Waals surface area (Å²) in [6.45, 7) is 5.61. The second kappa shape index (κ2) is 4.73. The number of rotatable bonds is 3. The van der Waals surface area contributed by atoms with E-state index in [0.29, 0.717) is 31.4 Å². The Kier molecular flexibility index (Phi) is 3.48. The zero-order valence-electron chi connectivity index (χ0n) is 10.1. The van der Waals surface area contributed by atoms with Gasteiger partial charge in [0.2, 0.25) is 11.8 Å². The van der Waals surface area contributed by atoms with Crippen LogP contribution in [0.2, 0.25) is 0 Å². The van der Waals surface area contributed by atoms with Crippen molar-refractivity contribution in [2.75, 3.05) is 24.6 Å². The third kappa shape index (κ3) is 3.26. The van der Waals surface area contributed by atoms with E-state index in [0.717, 1.165) is 0 Å². The van der Waals surface area contributed by atoms with E-state index in [4.69, 9.17) is 4.42 Å². The Balaban J connectivity index is 1.93. The van der Waals surface area contributed by atoms with Crippen molar-refractivity contribution in [1.82, 2.24) is 15.1 Å². The minimum absolute atomic E-state index is 0.220. The predicted molar refractivity (Wildman–Crippen MR) is 62.3 cm³/mol. The van der Waals surface area contributed by atoms with Crippen LogP contribution in [0.15, 0.2) is 4.42 Å². The lowest BCUT2D eigenvalue weighted by Gasteiger charge is -2.24. The first-order valence-electron chi connectivity index (χ1n) is 5.71. The molecule has 1 aliphatic heterocycles. The summed E-state index contributed by atoms with van der Waals surface area (Å²) in [5.74, 6) is 1.85. The molecule has 0 saturated carbocycles. The molecule has 7 heteroatoms. The van der Waals surface area contributed by atoms with Crippen LogP contribution in [0.5, 0.6) is 0 Å². The molecule has 2 rings (SSSR count). The molecule has 1 aromatic heterocycles. The predicted octanol–water partition coefficient (Wildman–Crippen LogP) is 0.423. The highest BCUT2D eigenvalue weighted by molar-refractivity contribution is 7.91. The molecule has 17 heavy (non-hydrogen) atoms. The Labute approximate surface area is 101 Å². The van der Waals surface area contributed by atoms with Gasteiger partial charge in [0, 0.05) is 19.0 Å². The summed E-state index contributed by atoms with van der Waals surface area (Å²) in [6.07, 6.45) is 0. The number of nitrogens with zero attached hydrogens (tertiary/aromatic N) is 3. The van der Waals surface area contributed by atoms with Gasteiger partial charge in [-0.2, -0.15) is 0 Å². The van der Waals surface area contributed by atoms with Crippen LogP contribution in [0.25, 0.3) is 0 Å². The highest BCUT2D eigenvalue weighted by Crippen LogP contribution is 2.14. The molecule has 0 unspecified atom stereocenters. The van der Waals surface area contributed by atoms with Gasteiger partial charge < -0.3 is 4.42 Å². The summed E-state index contributed by atoms with van der Waals surface area (Å²) >= 11 is 0. The molecule has 1 fully saturated rings. The quantitative estimate of drug-likeness (QED) is 0.783. The van der Waals surface area contributed by atoms with E-state index in [1.165, 1.54) is 0 Å². The van der Waals surface area contributed by atoms with E-state index in [-0.39, 0.29) is 17.4 Å². The third-order valence-corrected chi connectivity index (χ3v) is 4.38. The van der Waals surface area contributed by atoms with E-state index in [1.54, 1.807) is 0 Å². The molecule has 0 aromatic carbocycles. The van der Waals surface area contributed by atoms with Gasteiger partial charge in [0.05, 0.1) is 18.1 Å². The summed E-state index contributed by atoms with van der Waals surface area (Å²) < 4.78 is 28.0. The first kappa shape index (κ1) is 12.5. The van der Waals surface area contributed by atoms with Gasteiger partial charge in [-0.3, -0.25) is 4.90 Å². The van der Waals surface area contributed by atoms with Crippen LogP contribution in [0.3, 0.4) is 0 Å². The minimum Gasteiger partial charge on any atom is -0.424 e. The summed E-state index contributed by atoms with van der Waals surface area (Å²) in [6, 6.07) is 0. The average Bonchev–Trinajstić information content (AvgIpc) is 2.70.